The van der Waals surface area contributed by atoms with Crippen LogP contribution in [0.5, 0.6) is 0 Å². The van der Waals surface area contributed by atoms with Gasteiger partial charge in [-0.05, 0) is 30.7 Å². The summed E-state index contributed by atoms with van der Waals surface area (Å²) in [4.78, 5) is 24.2. The van der Waals surface area contributed by atoms with Crippen molar-refractivity contribution in [3.63, 3.8) is 0 Å². The molecule has 21 heavy (non-hydrogen) atoms. The first-order valence-electron chi connectivity index (χ1n) is 6.55. The van der Waals surface area contributed by atoms with Crippen LogP contribution in [0.15, 0.2) is 82.6 Å². The van der Waals surface area contributed by atoms with E-state index in [1.165, 1.54) is 6.07 Å². The Morgan fingerprint density at radius 1 is 0.857 bits per heavy atom. The Bertz CT molecular complexity index is 787. The summed E-state index contributed by atoms with van der Waals surface area (Å²) in [7, 11) is 0. The van der Waals surface area contributed by atoms with Crippen LogP contribution in [-0.4, -0.2) is 9.55 Å². The summed E-state index contributed by atoms with van der Waals surface area (Å²) in [5.41, 5.74) is 1.93. The van der Waals surface area contributed by atoms with Crippen LogP contribution in [0.2, 0.25) is 0 Å². The maximum absolute atomic E-state index is 11.5. The highest BCUT2D eigenvalue weighted by atomic mass is 16.1. The molecule has 3 rings (SSSR count). The zero-order valence-electron chi connectivity index (χ0n) is 11.7. The Morgan fingerprint density at radius 3 is 2.14 bits per heavy atom. The smallest absolute Gasteiger partial charge is 0.255 e. The molecule has 0 atom stereocenters. The standard InChI is InChI=1S/C12H11NO.C5H5NO/c1-10-7-8-12(14)13(9-10)11-5-3-2-4-6-11;7-5-3-1-2-4-6-5/h2-9H,1H3;1-4H,(H,6,7). The fourth-order valence-corrected chi connectivity index (χ4v) is 1.76. The van der Waals surface area contributed by atoms with Crippen molar-refractivity contribution in [2.45, 2.75) is 6.92 Å². The largest absolute Gasteiger partial charge is 0.329 e. The molecule has 4 heteroatoms. The Kier molecular flexibility index (Phi) is 4.88. The molecule has 0 saturated heterocycles. The molecule has 0 fully saturated rings. The Balaban J connectivity index is 0.000000194. The highest BCUT2D eigenvalue weighted by Crippen LogP contribution is 2.04. The first kappa shape index (κ1) is 14.5. The van der Waals surface area contributed by atoms with E-state index in [1.54, 1.807) is 29.0 Å². The number of rotatable bonds is 1. The Hall–Kier alpha value is -2.88. The SMILES string of the molecule is Cc1ccc(=O)n(-c2ccccc2)c1.O=c1cccc[nH]1. The van der Waals surface area contributed by atoms with Crippen LogP contribution < -0.4 is 11.1 Å². The number of nitrogens with zero attached hydrogens (tertiary/aromatic N) is 1. The van der Waals surface area contributed by atoms with Gasteiger partial charge in [-0.25, -0.2) is 0 Å². The predicted molar refractivity (Wildman–Crippen MR) is 83.8 cm³/mol. The van der Waals surface area contributed by atoms with Gasteiger partial charge in [-0.3, -0.25) is 14.2 Å². The number of aryl methyl sites for hydroxylation is 1. The van der Waals surface area contributed by atoms with Crippen LogP contribution in [0.4, 0.5) is 0 Å². The van der Waals surface area contributed by atoms with Gasteiger partial charge in [0.25, 0.3) is 5.56 Å². The third-order valence-corrected chi connectivity index (χ3v) is 2.77. The minimum absolute atomic E-state index is 0.00167. The number of nitrogens with one attached hydrogen (secondary N) is 1. The van der Waals surface area contributed by atoms with Crippen LogP contribution in [0.3, 0.4) is 0 Å². The second-order valence-electron chi connectivity index (χ2n) is 4.48. The quantitative estimate of drug-likeness (QED) is 0.744. The van der Waals surface area contributed by atoms with Gasteiger partial charge in [0.15, 0.2) is 0 Å². The van der Waals surface area contributed by atoms with Crippen LogP contribution >= 0.6 is 0 Å². The third kappa shape index (κ3) is 4.31. The van der Waals surface area contributed by atoms with Crippen molar-refractivity contribution >= 4 is 0 Å². The molecule has 1 aromatic carbocycles. The van der Waals surface area contributed by atoms with Gasteiger partial charge in [0, 0.05) is 30.2 Å². The molecule has 2 aromatic heterocycles. The molecule has 1 N–H and O–H groups in total. The van der Waals surface area contributed by atoms with E-state index < -0.39 is 0 Å². The first-order valence-corrected chi connectivity index (χ1v) is 6.55. The maximum Gasteiger partial charge on any atom is 0.255 e. The molecule has 0 spiro atoms. The average Bonchev–Trinajstić information content (AvgIpc) is 2.52. The van der Waals surface area contributed by atoms with E-state index in [0.717, 1.165) is 11.3 Å². The summed E-state index contributed by atoms with van der Waals surface area (Å²) in [6.07, 6.45) is 3.44. The van der Waals surface area contributed by atoms with Crippen molar-refractivity contribution in [2.24, 2.45) is 0 Å². The fraction of sp³-hybridized carbons (Fsp3) is 0.0588. The van der Waals surface area contributed by atoms with Crippen LogP contribution in [0.25, 0.3) is 5.69 Å². The molecule has 3 aromatic rings. The molecule has 0 amide bonds. The molecule has 0 aliphatic rings. The monoisotopic (exact) mass is 280 g/mol. The van der Waals surface area contributed by atoms with Crippen molar-refractivity contribution in [3.05, 3.63) is 99.3 Å². The number of aromatic nitrogens is 2. The first-order chi connectivity index (χ1) is 10.2. The van der Waals surface area contributed by atoms with Gasteiger partial charge in [-0.1, -0.05) is 30.3 Å². The van der Waals surface area contributed by atoms with E-state index in [2.05, 4.69) is 4.98 Å². The topological polar surface area (TPSA) is 54.9 Å². The molecular weight excluding hydrogens is 264 g/mol. The predicted octanol–water partition coefficient (Wildman–Crippen LogP) is 2.52. The molecular formula is C17H16N2O2. The second-order valence-corrected chi connectivity index (χ2v) is 4.48. The summed E-state index contributed by atoms with van der Waals surface area (Å²) in [6, 6.07) is 17.9. The van der Waals surface area contributed by atoms with Crippen molar-refractivity contribution in [1.82, 2.24) is 9.55 Å². The molecule has 106 valence electrons. The zero-order chi connectivity index (χ0) is 15.1. The third-order valence-electron chi connectivity index (χ3n) is 2.77. The van der Waals surface area contributed by atoms with Crippen molar-refractivity contribution in [2.75, 3.05) is 0 Å². The molecule has 0 saturated carbocycles. The molecule has 0 bridgehead atoms. The average molecular weight is 280 g/mol. The van der Waals surface area contributed by atoms with Gasteiger partial charge < -0.3 is 4.98 Å². The maximum atomic E-state index is 11.5. The van der Waals surface area contributed by atoms with Gasteiger partial charge in [-0.2, -0.15) is 0 Å². The summed E-state index contributed by atoms with van der Waals surface area (Å²) in [5, 5.41) is 0. The second kappa shape index (κ2) is 7.05. The van der Waals surface area contributed by atoms with Crippen molar-refractivity contribution < 1.29 is 0 Å². The lowest BCUT2D eigenvalue weighted by Gasteiger charge is -2.05. The summed E-state index contributed by atoms with van der Waals surface area (Å²) in [5.74, 6) is 0. The van der Waals surface area contributed by atoms with Crippen molar-refractivity contribution in [1.29, 1.82) is 0 Å². The van der Waals surface area contributed by atoms with E-state index >= 15 is 0 Å². The number of pyridine rings is 2. The zero-order valence-corrected chi connectivity index (χ0v) is 11.7. The number of aromatic amines is 1. The summed E-state index contributed by atoms with van der Waals surface area (Å²) < 4.78 is 1.65. The molecule has 0 aliphatic heterocycles. The van der Waals surface area contributed by atoms with Gasteiger partial charge in [0.2, 0.25) is 5.56 Å². The molecule has 2 heterocycles. The van der Waals surface area contributed by atoms with E-state index in [0.29, 0.717) is 0 Å². The number of hydrogen-bond acceptors (Lipinski definition) is 2. The summed E-state index contributed by atoms with van der Waals surface area (Å²) >= 11 is 0. The minimum Gasteiger partial charge on any atom is -0.329 e. The summed E-state index contributed by atoms with van der Waals surface area (Å²) in [6.45, 7) is 1.97. The number of benzene rings is 1. The van der Waals surface area contributed by atoms with Gasteiger partial charge >= 0.3 is 0 Å². The normalized spacial score (nSPS) is 9.57. The van der Waals surface area contributed by atoms with E-state index in [-0.39, 0.29) is 11.1 Å². The molecule has 0 radical (unpaired) electrons. The lowest BCUT2D eigenvalue weighted by molar-refractivity contribution is 0.976. The molecule has 0 unspecified atom stereocenters. The molecule has 0 aliphatic carbocycles. The lowest BCUT2D eigenvalue weighted by atomic mass is 10.3. The number of hydrogen-bond donors (Lipinski definition) is 1. The highest BCUT2D eigenvalue weighted by molar-refractivity contribution is 5.32. The minimum atomic E-state index is -0.0532. The van der Waals surface area contributed by atoms with Crippen molar-refractivity contribution in [3.8, 4) is 5.69 Å². The van der Waals surface area contributed by atoms with Crippen LogP contribution in [0, 0.1) is 6.92 Å². The highest BCUT2D eigenvalue weighted by Gasteiger charge is 1.97. The van der Waals surface area contributed by atoms with E-state index in [1.807, 2.05) is 49.5 Å². The molecule has 4 nitrogen and oxygen atoms in total. The number of para-hydroxylation sites is 1. The lowest BCUT2D eigenvalue weighted by Crippen LogP contribution is -2.16. The van der Waals surface area contributed by atoms with E-state index in [4.69, 9.17) is 0 Å². The fourth-order valence-electron chi connectivity index (χ4n) is 1.76. The number of H-pyrrole nitrogens is 1. The Labute approximate surface area is 122 Å². The van der Waals surface area contributed by atoms with Gasteiger partial charge in [0.05, 0.1) is 0 Å². The van der Waals surface area contributed by atoms with Crippen LogP contribution in [-0.2, 0) is 0 Å². The van der Waals surface area contributed by atoms with Gasteiger partial charge in [-0.15, -0.1) is 0 Å². The Morgan fingerprint density at radius 2 is 1.57 bits per heavy atom. The van der Waals surface area contributed by atoms with Gasteiger partial charge in [0.1, 0.15) is 0 Å². The van der Waals surface area contributed by atoms with Crippen LogP contribution in [0.1, 0.15) is 5.56 Å². The van der Waals surface area contributed by atoms with E-state index in [9.17, 15) is 9.59 Å².